The number of allylic oxidation sites excluding steroid dienone is 1. The maximum atomic E-state index is 13.6. The van der Waals surface area contributed by atoms with Gasteiger partial charge in [0.1, 0.15) is 46.5 Å². The highest BCUT2D eigenvalue weighted by Gasteiger charge is 2.38. The van der Waals surface area contributed by atoms with Gasteiger partial charge in [0.25, 0.3) is 5.82 Å². The van der Waals surface area contributed by atoms with Crippen molar-refractivity contribution >= 4 is 23.5 Å². The highest BCUT2D eigenvalue weighted by molar-refractivity contribution is 7.99. The number of aromatic amines is 1. The molecule has 0 saturated heterocycles. The molecular weight excluding hydrogens is 531 g/mol. The van der Waals surface area contributed by atoms with E-state index in [1.54, 1.807) is 37.3 Å². The van der Waals surface area contributed by atoms with E-state index in [-0.39, 0.29) is 62.7 Å². The predicted octanol–water partition coefficient (Wildman–Crippen LogP) is 4.05. The number of ether oxygens (including phenoxy) is 2. The number of carbonyl (C=O) groups is 1. The lowest BCUT2D eigenvalue weighted by Gasteiger charge is -2.28. The van der Waals surface area contributed by atoms with Crippen molar-refractivity contribution in [2.45, 2.75) is 17.9 Å². The van der Waals surface area contributed by atoms with Crippen molar-refractivity contribution in [2.75, 3.05) is 18.1 Å². The Labute approximate surface area is 233 Å². The second kappa shape index (κ2) is 12.0. The van der Waals surface area contributed by atoms with Crippen molar-refractivity contribution in [3.63, 3.8) is 0 Å². The van der Waals surface area contributed by atoms with Crippen LogP contribution in [0.3, 0.4) is 0 Å². The maximum absolute atomic E-state index is 13.6. The van der Waals surface area contributed by atoms with Gasteiger partial charge in [-0.25, -0.2) is 14.2 Å². The van der Waals surface area contributed by atoms with Gasteiger partial charge in [0.05, 0.1) is 23.9 Å². The summed E-state index contributed by atoms with van der Waals surface area (Å²) in [5, 5.41) is 30.0. The first-order chi connectivity index (χ1) is 19.3. The number of carbonyl (C=O) groups excluding carboxylic acids is 1. The molecule has 1 aliphatic heterocycles. The van der Waals surface area contributed by atoms with E-state index in [1.165, 1.54) is 24.3 Å². The smallest absolute Gasteiger partial charge is 0.338 e. The minimum atomic E-state index is -0.838. The minimum Gasteiger partial charge on any atom is -0.463 e. The Morgan fingerprint density at radius 1 is 1.05 bits per heavy atom. The molecule has 2 heterocycles. The molecule has 0 radical (unpaired) electrons. The lowest BCUT2D eigenvalue weighted by Crippen LogP contribution is -2.27. The van der Waals surface area contributed by atoms with Gasteiger partial charge in [0.2, 0.25) is 5.88 Å². The Balaban J connectivity index is 1.84. The molecule has 0 unspecified atom stereocenters. The molecule has 40 heavy (non-hydrogen) atoms. The molecule has 9 nitrogen and oxygen atoms in total. The molecule has 0 bridgehead atoms. The summed E-state index contributed by atoms with van der Waals surface area (Å²) in [4.78, 5) is 16.1. The third-order valence-electron chi connectivity index (χ3n) is 6.07. The summed E-state index contributed by atoms with van der Waals surface area (Å²) < 4.78 is 24.7. The van der Waals surface area contributed by atoms with Gasteiger partial charge >= 0.3 is 5.97 Å². The summed E-state index contributed by atoms with van der Waals surface area (Å²) in [5.74, 6) is -2.03. The summed E-state index contributed by atoms with van der Waals surface area (Å²) in [6.45, 7) is 1.75. The molecule has 198 valence electrons. The number of nitriles is 3. The molecule has 1 aromatic heterocycles. The van der Waals surface area contributed by atoms with Crippen molar-refractivity contribution in [1.29, 1.82) is 15.8 Å². The van der Waals surface area contributed by atoms with Crippen molar-refractivity contribution in [2.24, 2.45) is 5.73 Å². The highest BCUT2D eigenvalue weighted by atomic mass is 32.2. The van der Waals surface area contributed by atoms with Gasteiger partial charge in [-0.3, -0.25) is 5.73 Å². The van der Waals surface area contributed by atoms with Crippen LogP contribution in [0.1, 0.15) is 29.5 Å². The Hall–Kier alpha value is -5.31. The number of thioether (sulfide) groups is 1. The number of nitrogens with one attached hydrogen (secondary N) is 1. The topological polar surface area (TPSA) is 173 Å². The van der Waals surface area contributed by atoms with Crippen LogP contribution in [0.5, 0.6) is 0 Å². The summed E-state index contributed by atoms with van der Waals surface area (Å²) in [6.07, 6.45) is 0. The predicted molar refractivity (Wildman–Crippen MR) is 144 cm³/mol. The van der Waals surface area contributed by atoms with Crippen molar-refractivity contribution < 1.29 is 23.6 Å². The largest absolute Gasteiger partial charge is 0.463 e. The third kappa shape index (κ3) is 5.30. The van der Waals surface area contributed by atoms with Crippen molar-refractivity contribution in [3.05, 3.63) is 99.9 Å². The molecule has 4 rings (SSSR count). The van der Waals surface area contributed by atoms with Crippen LogP contribution in [0.15, 0.2) is 82.4 Å². The first kappa shape index (κ1) is 27.7. The number of esters is 1. The Bertz CT molecular complexity index is 1670. The molecule has 0 spiro atoms. The lowest BCUT2D eigenvalue weighted by molar-refractivity contribution is -0.410. The molecule has 11 heteroatoms. The number of benzene rings is 2. The number of hydrogen-bond acceptors (Lipinski definition) is 9. The number of anilines is 1. The molecule has 0 aliphatic carbocycles. The molecular formula is C29H22FN6O3S+. The normalized spacial score (nSPS) is 14.5. The van der Waals surface area contributed by atoms with Crippen molar-refractivity contribution in [1.82, 2.24) is 0 Å². The molecule has 0 fully saturated rings. The zero-order valence-electron chi connectivity index (χ0n) is 21.2. The summed E-state index contributed by atoms with van der Waals surface area (Å²) in [5.41, 5.74) is 13.9. The van der Waals surface area contributed by atoms with E-state index in [4.69, 9.17) is 20.9 Å². The molecule has 3 aromatic rings. The van der Waals surface area contributed by atoms with Crippen LogP contribution in [0.2, 0.25) is 0 Å². The van der Waals surface area contributed by atoms with Gasteiger partial charge in [-0.05, 0) is 30.2 Å². The SMILES string of the molecule is CCOC(=O)C1=C(CSc2[nH+]c(N)c(C#N)c(-c3ccc(F)cc3)c2C#N)OC(N)=C(C#N)[C@@H]1c1ccccc1. The zero-order chi connectivity index (χ0) is 28.8. The quantitative estimate of drug-likeness (QED) is 0.323. The van der Waals surface area contributed by atoms with E-state index < -0.39 is 17.7 Å². The van der Waals surface area contributed by atoms with Crippen LogP contribution in [0.25, 0.3) is 11.1 Å². The molecule has 0 saturated carbocycles. The molecule has 5 N–H and O–H groups in total. The van der Waals surface area contributed by atoms with Gasteiger partial charge in [-0.15, -0.1) is 0 Å². The molecule has 2 aromatic carbocycles. The lowest BCUT2D eigenvalue weighted by atomic mass is 9.83. The first-order valence-electron chi connectivity index (χ1n) is 11.9. The number of halogens is 1. The highest BCUT2D eigenvalue weighted by Crippen LogP contribution is 2.42. The fourth-order valence-corrected chi connectivity index (χ4v) is 5.30. The zero-order valence-corrected chi connectivity index (χ0v) is 22.0. The minimum absolute atomic E-state index is 0.000761. The average Bonchev–Trinajstić information content (AvgIpc) is 2.96. The van der Waals surface area contributed by atoms with Gasteiger partial charge in [-0.1, -0.05) is 54.2 Å². The number of nitrogens with two attached hydrogens (primary N) is 2. The fraction of sp³-hybridized carbons (Fsp3) is 0.138. The van der Waals surface area contributed by atoms with Crippen LogP contribution in [0, 0.1) is 39.8 Å². The Kier molecular flexibility index (Phi) is 8.34. The number of rotatable bonds is 7. The summed E-state index contributed by atoms with van der Waals surface area (Å²) >= 11 is 1.08. The Morgan fingerprint density at radius 3 is 2.33 bits per heavy atom. The number of nitrogen functional groups attached to an aromatic ring is 1. The Morgan fingerprint density at radius 2 is 1.73 bits per heavy atom. The number of pyridine rings is 1. The number of nitrogens with zero attached hydrogens (tertiary/aromatic N) is 3. The van der Waals surface area contributed by atoms with Crippen LogP contribution in [0.4, 0.5) is 10.2 Å². The number of aromatic nitrogens is 1. The van der Waals surface area contributed by atoms with Crippen LogP contribution >= 0.6 is 11.8 Å². The van der Waals surface area contributed by atoms with E-state index in [9.17, 15) is 25.0 Å². The van der Waals surface area contributed by atoms with Crippen molar-refractivity contribution in [3.8, 4) is 29.3 Å². The van der Waals surface area contributed by atoms with Gasteiger partial charge < -0.3 is 15.2 Å². The standard InChI is InChI=1S/C29H21FN6O3S/c1-2-38-29(37)25-22(39-27(35)20(13-32)24(25)16-6-4-3-5-7-16)15-40-28-21(14-33)23(19(12-31)26(34)36-28)17-8-10-18(30)11-9-17/h3-11,24H,2,15,35H2,1H3,(H2,34,36)/p+1/t24-/m0/s1. The average molecular weight is 554 g/mol. The number of hydrogen-bond donors (Lipinski definition) is 2. The summed E-state index contributed by atoms with van der Waals surface area (Å²) in [7, 11) is 0. The molecule has 1 aliphatic rings. The van der Waals surface area contributed by atoms with E-state index in [0.717, 1.165) is 11.8 Å². The van der Waals surface area contributed by atoms with Gasteiger partial charge in [-0.2, -0.15) is 15.8 Å². The van der Waals surface area contributed by atoms with Gasteiger partial charge in [0.15, 0.2) is 5.03 Å². The van der Waals surface area contributed by atoms with E-state index in [0.29, 0.717) is 11.1 Å². The second-order valence-corrected chi connectivity index (χ2v) is 9.39. The maximum Gasteiger partial charge on any atom is 0.338 e. The van der Waals surface area contributed by atoms with E-state index >= 15 is 0 Å². The molecule has 1 atom stereocenters. The van der Waals surface area contributed by atoms with E-state index in [1.807, 2.05) is 12.1 Å². The van der Waals surface area contributed by atoms with Crippen LogP contribution < -0.4 is 16.5 Å². The van der Waals surface area contributed by atoms with Crippen LogP contribution in [-0.2, 0) is 14.3 Å². The van der Waals surface area contributed by atoms with E-state index in [2.05, 4.69) is 11.1 Å². The number of H-pyrrole nitrogens is 1. The molecule has 0 amide bonds. The third-order valence-corrected chi connectivity index (χ3v) is 7.08. The van der Waals surface area contributed by atoms with Gasteiger partial charge in [0, 0.05) is 5.56 Å². The summed E-state index contributed by atoms with van der Waals surface area (Å²) in [6, 6.07) is 20.4. The first-order valence-corrected chi connectivity index (χ1v) is 12.9. The van der Waals surface area contributed by atoms with Crippen LogP contribution in [-0.4, -0.2) is 18.3 Å². The monoisotopic (exact) mass is 553 g/mol. The fourth-order valence-electron chi connectivity index (χ4n) is 4.33. The second-order valence-electron chi connectivity index (χ2n) is 8.40.